The standard InChI is InChI=1S/C14H15IN2O2S/c1-2-4-12(14-5-3-8-20-14)16-10-6-7-13(17(18)19)11(15)9-10/h3,5-9,12,16H,2,4H2,1H3. The molecule has 0 radical (unpaired) electrons. The number of thiophene rings is 1. The summed E-state index contributed by atoms with van der Waals surface area (Å²) in [6.07, 6.45) is 2.12. The highest BCUT2D eigenvalue weighted by Crippen LogP contribution is 2.30. The van der Waals surface area contributed by atoms with Crippen LogP contribution in [0.5, 0.6) is 0 Å². The van der Waals surface area contributed by atoms with E-state index in [1.807, 2.05) is 34.7 Å². The van der Waals surface area contributed by atoms with Gasteiger partial charge in [-0.25, -0.2) is 0 Å². The molecule has 1 atom stereocenters. The van der Waals surface area contributed by atoms with E-state index in [-0.39, 0.29) is 16.7 Å². The second kappa shape index (κ2) is 7.03. The molecule has 1 heterocycles. The largest absolute Gasteiger partial charge is 0.377 e. The van der Waals surface area contributed by atoms with Crippen LogP contribution in [0.4, 0.5) is 11.4 Å². The second-order valence-corrected chi connectivity index (χ2v) is 6.57. The zero-order chi connectivity index (χ0) is 14.5. The van der Waals surface area contributed by atoms with Crippen molar-refractivity contribution in [3.63, 3.8) is 0 Å². The Labute approximate surface area is 135 Å². The predicted octanol–water partition coefficient (Wildman–Crippen LogP) is 5.21. The molecule has 0 fully saturated rings. The summed E-state index contributed by atoms with van der Waals surface area (Å²) in [5.41, 5.74) is 1.08. The minimum absolute atomic E-state index is 0.152. The van der Waals surface area contributed by atoms with Crippen molar-refractivity contribution < 1.29 is 4.92 Å². The molecule has 0 bridgehead atoms. The Morgan fingerprint density at radius 1 is 1.45 bits per heavy atom. The number of nitro groups is 1. The van der Waals surface area contributed by atoms with Crippen molar-refractivity contribution in [1.82, 2.24) is 0 Å². The van der Waals surface area contributed by atoms with Crippen LogP contribution in [0.2, 0.25) is 0 Å². The SMILES string of the molecule is CCCC(Nc1ccc([N+](=O)[O-])c(I)c1)c1cccs1. The van der Waals surface area contributed by atoms with Gasteiger partial charge in [0.15, 0.2) is 0 Å². The first-order valence-corrected chi connectivity index (χ1v) is 8.31. The Bertz CT molecular complexity index is 587. The van der Waals surface area contributed by atoms with Gasteiger partial charge < -0.3 is 5.32 Å². The van der Waals surface area contributed by atoms with Gasteiger partial charge in [-0.15, -0.1) is 11.3 Å². The van der Waals surface area contributed by atoms with Crippen LogP contribution >= 0.6 is 33.9 Å². The lowest BCUT2D eigenvalue weighted by molar-refractivity contribution is -0.385. The molecule has 0 amide bonds. The molecule has 4 nitrogen and oxygen atoms in total. The topological polar surface area (TPSA) is 55.2 Å². The lowest BCUT2D eigenvalue weighted by Gasteiger charge is -2.18. The van der Waals surface area contributed by atoms with E-state index >= 15 is 0 Å². The molecule has 2 rings (SSSR count). The lowest BCUT2D eigenvalue weighted by Crippen LogP contribution is -2.09. The van der Waals surface area contributed by atoms with Gasteiger partial charge in [0.2, 0.25) is 0 Å². The minimum Gasteiger partial charge on any atom is -0.377 e. The summed E-state index contributed by atoms with van der Waals surface area (Å²) in [5, 5.41) is 16.4. The number of hydrogen-bond acceptors (Lipinski definition) is 4. The van der Waals surface area contributed by atoms with Gasteiger partial charge in [-0.2, -0.15) is 0 Å². The Kier molecular flexibility index (Phi) is 5.36. The average molecular weight is 402 g/mol. The average Bonchev–Trinajstić information content (AvgIpc) is 2.91. The lowest BCUT2D eigenvalue weighted by atomic mass is 10.1. The van der Waals surface area contributed by atoms with Crippen molar-refractivity contribution >= 4 is 45.3 Å². The van der Waals surface area contributed by atoms with Crippen LogP contribution in [0.15, 0.2) is 35.7 Å². The van der Waals surface area contributed by atoms with Gasteiger partial charge in [0.25, 0.3) is 5.69 Å². The molecule has 0 spiro atoms. The van der Waals surface area contributed by atoms with Crippen LogP contribution in [0.25, 0.3) is 0 Å². The highest BCUT2D eigenvalue weighted by atomic mass is 127. The normalized spacial score (nSPS) is 12.1. The van der Waals surface area contributed by atoms with Gasteiger partial charge in [-0.3, -0.25) is 10.1 Å². The number of nitro benzene ring substituents is 1. The van der Waals surface area contributed by atoms with Gasteiger partial charge >= 0.3 is 0 Å². The summed E-state index contributed by atoms with van der Waals surface area (Å²) in [6, 6.07) is 9.59. The molecule has 0 saturated carbocycles. The molecule has 1 aromatic carbocycles. The van der Waals surface area contributed by atoms with E-state index in [1.54, 1.807) is 23.5 Å². The molecule has 0 aliphatic heterocycles. The van der Waals surface area contributed by atoms with Crippen molar-refractivity contribution in [2.45, 2.75) is 25.8 Å². The van der Waals surface area contributed by atoms with E-state index in [4.69, 9.17) is 0 Å². The van der Waals surface area contributed by atoms with Crippen LogP contribution in [0.1, 0.15) is 30.7 Å². The summed E-state index contributed by atoms with van der Waals surface area (Å²) < 4.78 is 0.652. The van der Waals surface area contributed by atoms with Gasteiger partial charge in [-0.1, -0.05) is 19.4 Å². The van der Waals surface area contributed by atoms with Crippen molar-refractivity contribution in [2.75, 3.05) is 5.32 Å². The first-order valence-electron chi connectivity index (χ1n) is 6.35. The highest BCUT2D eigenvalue weighted by molar-refractivity contribution is 14.1. The summed E-state index contributed by atoms with van der Waals surface area (Å²) >= 11 is 3.73. The maximum absolute atomic E-state index is 10.8. The van der Waals surface area contributed by atoms with Crippen LogP contribution < -0.4 is 5.32 Å². The Morgan fingerprint density at radius 3 is 2.80 bits per heavy atom. The molecule has 0 aliphatic rings. The molecule has 1 unspecified atom stereocenters. The van der Waals surface area contributed by atoms with Crippen LogP contribution in [0, 0.1) is 13.7 Å². The van der Waals surface area contributed by atoms with Crippen molar-refractivity contribution in [2.24, 2.45) is 0 Å². The predicted molar refractivity (Wildman–Crippen MR) is 91.4 cm³/mol. The molecular formula is C14H15IN2O2S. The molecular weight excluding hydrogens is 387 g/mol. The van der Waals surface area contributed by atoms with Gasteiger partial charge in [0.1, 0.15) is 0 Å². The quantitative estimate of drug-likeness (QED) is 0.410. The number of halogens is 1. The van der Waals surface area contributed by atoms with Crippen LogP contribution in [0.3, 0.4) is 0 Å². The molecule has 20 heavy (non-hydrogen) atoms. The van der Waals surface area contributed by atoms with Gasteiger partial charge in [0.05, 0.1) is 14.5 Å². The molecule has 106 valence electrons. The van der Waals surface area contributed by atoms with Gasteiger partial charge in [0, 0.05) is 16.6 Å². The van der Waals surface area contributed by atoms with E-state index < -0.39 is 0 Å². The number of hydrogen-bond donors (Lipinski definition) is 1. The molecule has 0 aliphatic carbocycles. The Morgan fingerprint density at radius 2 is 2.25 bits per heavy atom. The number of rotatable bonds is 6. The maximum atomic E-state index is 10.8. The summed E-state index contributed by atoms with van der Waals surface area (Å²) in [5.74, 6) is 0. The van der Waals surface area contributed by atoms with Crippen molar-refractivity contribution in [3.05, 3.63) is 54.3 Å². The summed E-state index contributed by atoms with van der Waals surface area (Å²) in [6.45, 7) is 2.15. The maximum Gasteiger partial charge on any atom is 0.282 e. The van der Waals surface area contributed by atoms with Crippen molar-refractivity contribution in [3.8, 4) is 0 Å². The number of nitrogens with zero attached hydrogens (tertiary/aromatic N) is 1. The molecule has 2 aromatic rings. The molecule has 6 heteroatoms. The Balaban J connectivity index is 2.19. The third-order valence-corrected chi connectivity index (χ3v) is 4.80. The van der Waals surface area contributed by atoms with E-state index in [9.17, 15) is 10.1 Å². The number of anilines is 1. The minimum atomic E-state index is -0.353. The summed E-state index contributed by atoms with van der Waals surface area (Å²) in [4.78, 5) is 11.8. The van der Waals surface area contributed by atoms with E-state index in [2.05, 4.69) is 23.7 Å². The molecule has 1 aromatic heterocycles. The van der Waals surface area contributed by atoms with E-state index in [0.717, 1.165) is 18.5 Å². The first-order chi connectivity index (χ1) is 9.61. The zero-order valence-corrected chi connectivity index (χ0v) is 14.0. The fourth-order valence-corrected chi connectivity index (χ4v) is 3.53. The smallest absolute Gasteiger partial charge is 0.282 e. The number of nitrogens with one attached hydrogen (secondary N) is 1. The highest BCUT2D eigenvalue weighted by Gasteiger charge is 2.15. The number of benzene rings is 1. The summed E-state index contributed by atoms with van der Waals surface area (Å²) in [7, 11) is 0. The second-order valence-electron chi connectivity index (χ2n) is 4.42. The molecule has 1 N–H and O–H groups in total. The van der Waals surface area contributed by atoms with E-state index in [1.165, 1.54) is 4.88 Å². The fraction of sp³-hybridized carbons (Fsp3) is 0.286. The van der Waals surface area contributed by atoms with Crippen LogP contribution in [-0.4, -0.2) is 4.92 Å². The first kappa shape index (κ1) is 15.2. The van der Waals surface area contributed by atoms with Gasteiger partial charge in [-0.05, 0) is 52.6 Å². The third kappa shape index (κ3) is 3.69. The monoisotopic (exact) mass is 402 g/mol. The van der Waals surface area contributed by atoms with Crippen molar-refractivity contribution in [1.29, 1.82) is 0 Å². The van der Waals surface area contributed by atoms with E-state index in [0.29, 0.717) is 3.57 Å². The molecule has 0 saturated heterocycles. The fourth-order valence-electron chi connectivity index (χ4n) is 2.01. The van der Waals surface area contributed by atoms with Crippen LogP contribution in [-0.2, 0) is 0 Å². The zero-order valence-electron chi connectivity index (χ0n) is 11.0. The Hall–Kier alpha value is -1.15. The third-order valence-electron chi connectivity index (χ3n) is 2.95.